The molecule has 0 aliphatic rings. The van der Waals surface area contributed by atoms with Crippen molar-refractivity contribution in [2.24, 2.45) is 5.73 Å². The lowest BCUT2D eigenvalue weighted by Gasteiger charge is -2.18. The van der Waals surface area contributed by atoms with Crippen LogP contribution in [0.4, 0.5) is 0 Å². The van der Waals surface area contributed by atoms with Crippen molar-refractivity contribution < 1.29 is 8.42 Å². The third-order valence-corrected chi connectivity index (χ3v) is 4.90. The molecule has 1 aromatic rings. The molecule has 0 bridgehead atoms. The standard InChI is InChI=1S/C12H18N2O2S2/c1-3-14(4-2)18(15,16)9-10-6-5-7-11(8-10)12(13)17/h5-8H,3-4,9H2,1-2H3,(H2,13,17). The first-order valence-corrected chi connectivity index (χ1v) is 7.79. The quantitative estimate of drug-likeness (QED) is 0.805. The Kier molecular flexibility index (Phi) is 5.25. The third-order valence-electron chi connectivity index (χ3n) is 2.66. The zero-order valence-electron chi connectivity index (χ0n) is 10.6. The summed E-state index contributed by atoms with van der Waals surface area (Å²) in [4.78, 5) is 0.275. The molecule has 100 valence electrons. The van der Waals surface area contributed by atoms with E-state index in [1.807, 2.05) is 13.8 Å². The van der Waals surface area contributed by atoms with Gasteiger partial charge in [-0.1, -0.05) is 44.3 Å². The van der Waals surface area contributed by atoms with E-state index in [1.54, 1.807) is 24.3 Å². The van der Waals surface area contributed by atoms with Crippen molar-refractivity contribution in [2.45, 2.75) is 19.6 Å². The molecule has 0 unspecified atom stereocenters. The van der Waals surface area contributed by atoms with Crippen LogP contribution in [0.15, 0.2) is 24.3 Å². The number of nitrogens with zero attached hydrogens (tertiary/aromatic N) is 1. The van der Waals surface area contributed by atoms with E-state index in [2.05, 4.69) is 0 Å². The van der Waals surface area contributed by atoms with E-state index in [0.29, 0.717) is 24.2 Å². The molecule has 0 atom stereocenters. The second-order valence-corrected chi connectivity index (χ2v) is 6.31. The molecule has 0 saturated heterocycles. The number of hydrogen-bond donors (Lipinski definition) is 1. The Balaban J connectivity index is 2.97. The monoisotopic (exact) mass is 286 g/mol. The molecular formula is C12H18N2O2S2. The normalized spacial score (nSPS) is 11.7. The first-order valence-electron chi connectivity index (χ1n) is 5.77. The van der Waals surface area contributed by atoms with Crippen molar-refractivity contribution in [1.82, 2.24) is 4.31 Å². The molecule has 0 fully saturated rings. The van der Waals surface area contributed by atoms with E-state index < -0.39 is 10.0 Å². The number of thiocarbonyl (C=S) groups is 1. The maximum Gasteiger partial charge on any atom is 0.218 e. The van der Waals surface area contributed by atoms with Crippen LogP contribution in [0.3, 0.4) is 0 Å². The summed E-state index contributed by atoms with van der Waals surface area (Å²) in [7, 11) is -3.27. The molecular weight excluding hydrogens is 268 g/mol. The summed E-state index contributed by atoms with van der Waals surface area (Å²) in [6, 6.07) is 7.03. The molecule has 18 heavy (non-hydrogen) atoms. The van der Waals surface area contributed by atoms with Crippen LogP contribution in [0.5, 0.6) is 0 Å². The molecule has 4 nitrogen and oxygen atoms in total. The van der Waals surface area contributed by atoms with Crippen LogP contribution in [-0.4, -0.2) is 30.8 Å². The lowest BCUT2D eigenvalue weighted by Crippen LogP contribution is -2.31. The van der Waals surface area contributed by atoms with Crippen LogP contribution >= 0.6 is 12.2 Å². The number of benzene rings is 1. The fourth-order valence-corrected chi connectivity index (χ4v) is 3.43. The number of rotatable bonds is 6. The van der Waals surface area contributed by atoms with Gasteiger partial charge in [-0.15, -0.1) is 0 Å². The van der Waals surface area contributed by atoms with Gasteiger partial charge in [0.2, 0.25) is 10.0 Å². The molecule has 0 heterocycles. The molecule has 1 aromatic carbocycles. The van der Waals surface area contributed by atoms with Crippen LogP contribution in [-0.2, 0) is 15.8 Å². The minimum atomic E-state index is -3.27. The zero-order valence-corrected chi connectivity index (χ0v) is 12.2. The molecule has 0 spiro atoms. The van der Waals surface area contributed by atoms with Crippen molar-refractivity contribution in [3.8, 4) is 0 Å². The summed E-state index contributed by atoms with van der Waals surface area (Å²) < 4.78 is 25.7. The minimum absolute atomic E-state index is 0.0227. The average Bonchev–Trinajstić information content (AvgIpc) is 2.29. The highest BCUT2D eigenvalue weighted by molar-refractivity contribution is 7.88. The SMILES string of the molecule is CCN(CC)S(=O)(=O)Cc1cccc(C(N)=S)c1. The summed E-state index contributed by atoms with van der Waals surface area (Å²) >= 11 is 4.88. The Morgan fingerprint density at radius 2 is 1.94 bits per heavy atom. The smallest absolute Gasteiger partial charge is 0.218 e. The maximum absolute atomic E-state index is 12.1. The Hall–Kier alpha value is -0.980. The molecule has 6 heteroatoms. The van der Waals surface area contributed by atoms with Crippen LogP contribution < -0.4 is 5.73 Å². The Labute approximate surface area is 114 Å². The highest BCUT2D eigenvalue weighted by Gasteiger charge is 2.19. The lowest BCUT2D eigenvalue weighted by molar-refractivity contribution is 0.444. The van der Waals surface area contributed by atoms with E-state index in [-0.39, 0.29) is 10.7 Å². The highest BCUT2D eigenvalue weighted by atomic mass is 32.2. The van der Waals surface area contributed by atoms with E-state index in [0.717, 1.165) is 0 Å². The van der Waals surface area contributed by atoms with Crippen LogP contribution in [0, 0.1) is 0 Å². The molecule has 0 amide bonds. The van der Waals surface area contributed by atoms with Crippen molar-refractivity contribution in [1.29, 1.82) is 0 Å². The van der Waals surface area contributed by atoms with E-state index in [9.17, 15) is 8.42 Å². The van der Waals surface area contributed by atoms with Gasteiger partial charge in [0.05, 0.1) is 5.75 Å². The van der Waals surface area contributed by atoms with Crippen LogP contribution in [0.2, 0.25) is 0 Å². The fourth-order valence-electron chi connectivity index (χ4n) is 1.73. The van der Waals surface area contributed by atoms with E-state index >= 15 is 0 Å². The fraction of sp³-hybridized carbons (Fsp3) is 0.417. The van der Waals surface area contributed by atoms with Gasteiger partial charge >= 0.3 is 0 Å². The molecule has 0 aliphatic carbocycles. The Morgan fingerprint density at radius 3 is 2.44 bits per heavy atom. The highest BCUT2D eigenvalue weighted by Crippen LogP contribution is 2.12. The summed E-state index contributed by atoms with van der Waals surface area (Å²) in [5.74, 6) is -0.0227. The Morgan fingerprint density at radius 1 is 1.33 bits per heavy atom. The van der Waals surface area contributed by atoms with Crippen molar-refractivity contribution >= 4 is 27.2 Å². The van der Waals surface area contributed by atoms with Crippen molar-refractivity contribution in [2.75, 3.05) is 13.1 Å². The molecule has 0 radical (unpaired) electrons. The van der Waals surface area contributed by atoms with E-state index in [1.165, 1.54) is 4.31 Å². The molecule has 0 aliphatic heterocycles. The number of sulfonamides is 1. The second kappa shape index (κ2) is 6.26. The largest absolute Gasteiger partial charge is 0.389 e. The van der Waals surface area contributed by atoms with Gasteiger partial charge in [0.1, 0.15) is 4.99 Å². The summed E-state index contributed by atoms with van der Waals surface area (Å²) in [5.41, 5.74) is 6.92. The topological polar surface area (TPSA) is 63.4 Å². The van der Waals surface area contributed by atoms with Gasteiger partial charge in [-0.2, -0.15) is 0 Å². The summed E-state index contributed by atoms with van der Waals surface area (Å²) in [6.45, 7) is 4.61. The van der Waals surface area contributed by atoms with Gasteiger partial charge in [0.25, 0.3) is 0 Å². The van der Waals surface area contributed by atoms with Gasteiger partial charge in [-0.25, -0.2) is 12.7 Å². The zero-order chi connectivity index (χ0) is 13.8. The van der Waals surface area contributed by atoms with Gasteiger partial charge < -0.3 is 5.73 Å². The molecule has 2 N–H and O–H groups in total. The van der Waals surface area contributed by atoms with Gasteiger partial charge in [-0.3, -0.25) is 0 Å². The van der Waals surface area contributed by atoms with Crippen molar-refractivity contribution in [3.05, 3.63) is 35.4 Å². The molecule has 1 rings (SSSR count). The van der Waals surface area contributed by atoms with Crippen LogP contribution in [0.1, 0.15) is 25.0 Å². The molecule has 0 aromatic heterocycles. The minimum Gasteiger partial charge on any atom is -0.389 e. The van der Waals surface area contributed by atoms with Gasteiger partial charge in [-0.05, 0) is 11.6 Å². The predicted molar refractivity (Wildman–Crippen MR) is 77.9 cm³/mol. The van der Waals surface area contributed by atoms with Crippen LogP contribution in [0.25, 0.3) is 0 Å². The third kappa shape index (κ3) is 3.76. The number of hydrogen-bond acceptors (Lipinski definition) is 3. The molecule has 0 saturated carbocycles. The first-order chi connectivity index (χ1) is 8.40. The number of nitrogens with two attached hydrogens (primary N) is 1. The van der Waals surface area contributed by atoms with Crippen molar-refractivity contribution in [3.63, 3.8) is 0 Å². The summed E-state index contributed by atoms with van der Waals surface area (Å²) in [6.07, 6.45) is 0. The second-order valence-electron chi connectivity index (χ2n) is 3.91. The van der Waals surface area contributed by atoms with E-state index in [4.69, 9.17) is 18.0 Å². The Bertz CT molecular complexity index is 523. The van der Waals surface area contributed by atoms with Gasteiger partial charge in [0.15, 0.2) is 0 Å². The predicted octanol–water partition coefficient (Wildman–Crippen LogP) is 1.49. The summed E-state index contributed by atoms with van der Waals surface area (Å²) in [5, 5.41) is 0. The first kappa shape index (κ1) is 15.1. The lowest BCUT2D eigenvalue weighted by atomic mass is 10.1. The average molecular weight is 286 g/mol. The maximum atomic E-state index is 12.1. The van der Waals surface area contributed by atoms with Gasteiger partial charge in [0, 0.05) is 18.7 Å².